The minimum Gasteiger partial charge on any atom is -0.396 e. The van der Waals surface area contributed by atoms with Gasteiger partial charge in [0.2, 0.25) is 0 Å². The first-order chi connectivity index (χ1) is 11.6. The van der Waals surface area contributed by atoms with Crippen molar-refractivity contribution in [2.75, 3.05) is 32.9 Å². The van der Waals surface area contributed by atoms with Crippen LogP contribution in [0.4, 0.5) is 0 Å². The molecule has 4 rings (SSSR count). The van der Waals surface area contributed by atoms with Crippen molar-refractivity contribution in [2.45, 2.75) is 20.4 Å². The third-order valence-electron chi connectivity index (χ3n) is 5.53. The van der Waals surface area contributed by atoms with Gasteiger partial charge in [-0.2, -0.15) is 5.10 Å². The fraction of sp³-hybridized carbons (Fsp3) is 0.526. The molecule has 0 spiro atoms. The lowest BCUT2D eigenvalue weighted by Gasteiger charge is -2.24. The zero-order valence-electron chi connectivity index (χ0n) is 14.4. The molecule has 2 aliphatic rings. The Morgan fingerprint density at radius 2 is 2.17 bits per heavy atom. The lowest BCUT2D eigenvalue weighted by Crippen LogP contribution is -2.34. The van der Waals surface area contributed by atoms with Crippen molar-refractivity contribution in [3.05, 3.63) is 47.3 Å². The molecule has 0 saturated carbocycles. The highest BCUT2D eigenvalue weighted by Crippen LogP contribution is 2.41. The number of aryl methyl sites for hydroxylation is 2. The summed E-state index contributed by atoms with van der Waals surface area (Å²) in [5.74, 6) is 0.448. The minimum atomic E-state index is -0.0624. The molecule has 1 aromatic heterocycles. The fourth-order valence-electron chi connectivity index (χ4n) is 4.25. The molecule has 2 fully saturated rings. The average molecular weight is 327 g/mol. The summed E-state index contributed by atoms with van der Waals surface area (Å²) in [6.07, 6.45) is 0. The first kappa shape index (κ1) is 15.8. The lowest BCUT2D eigenvalue weighted by atomic mass is 9.82. The number of ether oxygens (including phenoxy) is 1. The third kappa shape index (κ3) is 2.57. The molecule has 2 saturated heterocycles. The maximum atomic E-state index is 9.86. The van der Waals surface area contributed by atoms with Gasteiger partial charge in [-0.3, -0.25) is 4.90 Å². The number of aliphatic hydroxyl groups is 1. The Balaban J connectivity index is 1.59. The number of para-hydroxylation sites is 1. The maximum Gasteiger partial charge on any atom is 0.0693 e. The molecule has 0 aliphatic carbocycles. The number of aliphatic hydroxyl groups excluding tert-OH is 1. The summed E-state index contributed by atoms with van der Waals surface area (Å²) in [5, 5.41) is 14.5. The van der Waals surface area contributed by atoms with Crippen molar-refractivity contribution in [3.63, 3.8) is 0 Å². The first-order valence-corrected chi connectivity index (χ1v) is 8.64. The van der Waals surface area contributed by atoms with Crippen LogP contribution >= 0.6 is 0 Å². The second-order valence-electron chi connectivity index (χ2n) is 7.37. The van der Waals surface area contributed by atoms with Gasteiger partial charge in [-0.05, 0) is 31.5 Å². The van der Waals surface area contributed by atoms with E-state index in [4.69, 9.17) is 4.74 Å². The van der Waals surface area contributed by atoms with E-state index in [0.717, 1.165) is 43.3 Å². The van der Waals surface area contributed by atoms with Crippen molar-refractivity contribution in [2.24, 2.45) is 11.3 Å². The van der Waals surface area contributed by atoms with E-state index in [1.54, 1.807) is 0 Å². The van der Waals surface area contributed by atoms with Gasteiger partial charge < -0.3 is 9.84 Å². The van der Waals surface area contributed by atoms with E-state index in [2.05, 4.69) is 47.3 Å². The highest BCUT2D eigenvalue weighted by atomic mass is 16.5. The summed E-state index contributed by atoms with van der Waals surface area (Å²) in [5.41, 5.74) is 4.55. The molecule has 1 N–H and O–H groups in total. The maximum absolute atomic E-state index is 9.86. The highest BCUT2D eigenvalue weighted by Gasteiger charge is 2.50. The monoisotopic (exact) mass is 327 g/mol. The van der Waals surface area contributed by atoms with Crippen LogP contribution in [-0.4, -0.2) is 52.7 Å². The number of aromatic nitrogens is 2. The SMILES string of the molecule is Cc1cc(C)n(-c2ccccc2CN2C[C@H]3COC[C@@]3(CO)C2)n1. The Bertz CT molecular complexity index is 742. The predicted octanol–water partition coefficient (Wildman–Crippen LogP) is 1.93. The fourth-order valence-corrected chi connectivity index (χ4v) is 4.25. The number of benzene rings is 1. The molecule has 24 heavy (non-hydrogen) atoms. The summed E-state index contributed by atoms with van der Waals surface area (Å²) in [7, 11) is 0. The van der Waals surface area contributed by atoms with Crippen molar-refractivity contribution in [1.82, 2.24) is 14.7 Å². The largest absolute Gasteiger partial charge is 0.396 e. The van der Waals surface area contributed by atoms with Crippen LogP contribution in [-0.2, 0) is 11.3 Å². The molecule has 2 aromatic rings. The van der Waals surface area contributed by atoms with Gasteiger partial charge in [-0.1, -0.05) is 18.2 Å². The van der Waals surface area contributed by atoms with Gasteiger partial charge in [0.15, 0.2) is 0 Å². The van der Waals surface area contributed by atoms with Crippen LogP contribution < -0.4 is 0 Å². The number of fused-ring (bicyclic) bond motifs is 1. The van der Waals surface area contributed by atoms with Crippen LogP contribution in [0.15, 0.2) is 30.3 Å². The summed E-state index contributed by atoms with van der Waals surface area (Å²) < 4.78 is 7.65. The van der Waals surface area contributed by atoms with Crippen LogP contribution in [0, 0.1) is 25.2 Å². The summed E-state index contributed by atoms with van der Waals surface area (Å²) in [6, 6.07) is 10.6. The molecule has 128 valence electrons. The van der Waals surface area contributed by atoms with Gasteiger partial charge in [0.25, 0.3) is 0 Å². The highest BCUT2D eigenvalue weighted by molar-refractivity contribution is 5.42. The molecule has 0 radical (unpaired) electrons. The van der Waals surface area contributed by atoms with Gasteiger partial charge >= 0.3 is 0 Å². The summed E-state index contributed by atoms with van der Waals surface area (Å²) >= 11 is 0. The molecule has 0 bridgehead atoms. The number of hydrogen-bond donors (Lipinski definition) is 1. The van der Waals surface area contributed by atoms with Gasteiger partial charge in [0.05, 0.1) is 31.2 Å². The molecular weight excluding hydrogens is 302 g/mol. The van der Waals surface area contributed by atoms with Gasteiger partial charge in [0.1, 0.15) is 0 Å². The van der Waals surface area contributed by atoms with E-state index >= 15 is 0 Å². The molecule has 5 nitrogen and oxygen atoms in total. The van der Waals surface area contributed by atoms with E-state index in [1.165, 1.54) is 5.56 Å². The molecule has 1 aromatic carbocycles. The Hall–Kier alpha value is -1.69. The van der Waals surface area contributed by atoms with Crippen molar-refractivity contribution in [1.29, 1.82) is 0 Å². The molecule has 2 aliphatic heterocycles. The second kappa shape index (κ2) is 5.99. The van der Waals surface area contributed by atoms with Gasteiger partial charge in [-0.25, -0.2) is 4.68 Å². The van der Waals surface area contributed by atoms with Crippen LogP contribution in [0.3, 0.4) is 0 Å². The number of rotatable bonds is 4. The Morgan fingerprint density at radius 1 is 1.33 bits per heavy atom. The molecule has 3 heterocycles. The van der Waals surface area contributed by atoms with Gasteiger partial charge in [-0.15, -0.1) is 0 Å². The standard InChI is InChI=1S/C19H25N3O2/c1-14-7-15(2)22(20-14)18-6-4-3-5-16(18)8-21-9-17-10-24-13-19(17,11-21)12-23/h3-7,17,23H,8-13H2,1-2H3/t17-,19-/m0/s1. The Morgan fingerprint density at radius 3 is 2.88 bits per heavy atom. The Kier molecular flexibility index (Phi) is 3.95. The second-order valence-corrected chi connectivity index (χ2v) is 7.37. The van der Waals surface area contributed by atoms with Crippen LogP contribution in [0.1, 0.15) is 17.0 Å². The topological polar surface area (TPSA) is 50.5 Å². The lowest BCUT2D eigenvalue weighted by molar-refractivity contribution is 0.0803. The third-order valence-corrected chi connectivity index (χ3v) is 5.53. The zero-order valence-corrected chi connectivity index (χ0v) is 14.4. The molecule has 2 atom stereocenters. The average Bonchev–Trinajstić information content (AvgIpc) is 3.20. The van der Waals surface area contributed by atoms with Crippen LogP contribution in [0.2, 0.25) is 0 Å². The minimum absolute atomic E-state index is 0.0624. The number of nitrogens with zero attached hydrogens (tertiary/aromatic N) is 3. The van der Waals surface area contributed by atoms with E-state index in [0.29, 0.717) is 12.5 Å². The first-order valence-electron chi connectivity index (χ1n) is 8.64. The summed E-state index contributed by atoms with van der Waals surface area (Å²) in [4.78, 5) is 2.45. The van der Waals surface area contributed by atoms with Crippen molar-refractivity contribution >= 4 is 0 Å². The van der Waals surface area contributed by atoms with E-state index in [1.807, 2.05) is 11.6 Å². The van der Waals surface area contributed by atoms with Crippen molar-refractivity contribution in [3.8, 4) is 5.69 Å². The van der Waals surface area contributed by atoms with E-state index in [9.17, 15) is 5.11 Å². The predicted molar refractivity (Wildman–Crippen MR) is 92.1 cm³/mol. The van der Waals surface area contributed by atoms with Crippen LogP contribution in [0.5, 0.6) is 0 Å². The normalized spacial score (nSPS) is 26.9. The quantitative estimate of drug-likeness (QED) is 0.932. The summed E-state index contributed by atoms with van der Waals surface area (Å²) in [6.45, 7) is 8.57. The molecule has 0 amide bonds. The molecular formula is C19H25N3O2. The van der Waals surface area contributed by atoms with E-state index < -0.39 is 0 Å². The Labute approximate surface area is 142 Å². The van der Waals surface area contributed by atoms with Crippen LogP contribution in [0.25, 0.3) is 5.69 Å². The number of hydrogen-bond acceptors (Lipinski definition) is 4. The van der Waals surface area contributed by atoms with E-state index in [-0.39, 0.29) is 12.0 Å². The van der Waals surface area contributed by atoms with Crippen molar-refractivity contribution < 1.29 is 9.84 Å². The number of likely N-dealkylation sites (tertiary alicyclic amines) is 1. The molecule has 0 unspecified atom stereocenters. The van der Waals surface area contributed by atoms with Gasteiger partial charge in [0, 0.05) is 36.7 Å². The molecule has 5 heteroatoms. The zero-order chi connectivity index (χ0) is 16.7. The smallest absolute Gasteiger partial charge is 0.0693 e.